The van der Waals surface area contributed by atoms with Crippen LogP contribution >= 0.6 is 0 Å². The van der Waals surface area contributed by atoms with Crippen LogP contribution in [0.3, 0.4) is 0 Å². The summed E-state index contributed by atoms with van der Waals surface area (Å²) >= 11 is 0. The fourth-order valence-corrected chi connectivity index (χ4v) is 1.42. The van der Waals surface area contributed by atoms with Gasteiger partial charge in [0.05, 0.1) is 12.5 Å². The van der Waals surface area contributed by atoms with Gasteiger partial charge < -0.3 is 4.74 Å². The molecular formula is C17H15O2+. The van der Waals surface area contributed by atoms with Crippen LogP contribution in [0.15, 0.2) is 95.8 Å². The lowest BCUT2D eigenvalue weighted by Crippen LogP contribution is -1.78. The summed E-state index contributed by atoms with van der Waals surface area (Å²) in [4.78, 5) is 0. The van der Waals surface area contributed by atoms with E-state index in [-0.39, 0.29) is 0 Å². The molecule has 0 saturated heterocycles. The molecule has 0 unspecified atom stereocenters. The van der Waals surface area contributed by atoms with Crippen molar-refractivity contribution in [1.29, 1.82) is 0 Å². The SMILES string of the molecule is C(=CC=Cc1cc[o+]cc1)C=CC=C1C=COC=C1. The van der Waals surface area contributed by atoms with Gasteiger partial charge in [-0.25, -0.2) is 4.42 Å². The summed E-state index contributed by atoms with van der Waals surface area (Å²) in [7, 11) is 0. The summed E-state index contributed by atoms with van der Waals surface area (Å²) in [5.41, 5.74) is 2.22. The van der Waals surface area contributed by atoms with Gasteiger partial charge in [-0.05, 0) is 23.3 Å². The molecule has 0 aliphatic carbocycles. The van der Waals surface area contributed by atoms with Gasteiger partial charge in [0.1, 0.15) is 0 Å². The van der Waals surface area contributed by atoms with Crippen LogP contribution in [0, 0.1) is 0 Å². The number of ether oxygens (including phenoxy) is 1. The maximum atomic E-state index is 4.95. The Bertz CT molecular complexity index is 544. The Morgan fingerprint density at radius 1 is 0.842 bits per heavy atom. The lowest BCUT2D eigenvalue weighted by atomic mass is 10.2. The molecule has 0 spiro atoms. The molecule has 1 aromatic rings. The number of hydrogen-bond acceptors (Lipinski definition) is 1. The summed E-state index contributed by atoms with van der Waals surface area (Å²) < 4.78 is 9.89. The number of hydrogen-bond donors (Lipinski definition) is 0. The molecule has 0 N–H and O–H groups in total. The van der Waals surface area contributed by atoms with E-state index >= 15 is 0 Å². The van der Waals surface area contributed by atoms with Crippen molar-refractivity contribution in [2.24, 2.45) is 0 Å². The van der Waals surface area contributed by atoms with Crippen molar-refractivity contribution in [3.05, 3.63) is 96.9 Å². The first-order valence-corrected chi connectivity index (χ1v) is 6.01. The van der Waals surface area contributed by atoms with Crippen LogP contribution in [0.4, 0.5) is 0 Å². The maximum Gasteiger partial charge on any atom is 0.318 e. The molecule has 1 aromatic heterocycles. The summed E-state index contributed by atoms with van der Waals surface area (Å²) in [5.74, 6) is 0. The monoisotopic (exact) mass is 251 g/mol. The van der Waals surface area contributed by atoms with Crippen molar-refractivity contribution in [1.82, 2.24) is 0 Å². The summed E-state index contributed by atoms with van der Waals surface area (Å²) in [6, 6.07) is 3.82. The van der Waals surface area contributed by atoms with E-state index in [1.165, 1.54) is 0 Å². The predicted molar refractivity (Wildman–Crippen MR) is 77.9 cm³/mol. The van der Waals surface area contributed by atoms with Gasteiger partial charge in [-0.1, -0.05) is 42.5 Å². The van der Waals surface area contributed by atoms with Gasteiger partial charge in [-0.2, -0.15) is 0 Å². The molecular weight excluding hydrogens is 236 g/mol. The second-order valence-corrected chi connectivity index (χ2v) is 3.78. The molecule has 2 nitrogen and oxygen atoms in total. The third kappa shape index (κ3) is 5.04. The number of allylic oxidation sites excluding steroid dienone is 9. The lowest BCUT2D eigenvalue weighted by molar-refractivity contribution is 0.398. The number of rotatable bonds is 4. The Balaban J connectivity index is 1.80. The van der Waals surface area contributed by atoms with Crippen molar-refractivity contribution >= 4 is 6.08 Å². The molecule has 19 heavy (non-hydrogen) atoms. The highest BCUT2D eigenvalue weighted by Crippen LogP contribution is 2.05. The van der Waals surface area contributed by atoms with Crippen molar-refractivity contribution in [3.8, 4) is 0 Å². The van der Waals surface area contributed by atoms with Crippen LogP contribution in [-0.4, -0.2) is 0 Å². The van der Waals surface area contributed by atoms with E-state index < -0.39 is 0 Å². The smallest absolute Gasteiger partial charge is 0.318 e. The lowest BCUT2D eigenvalue weighted by Gasteiger charge is -1.98. The average Bonchev–Trinajstić information content (AvgIpc) is 2.48. The Morgan fingerprint density at radius 2 is 1.53 bits per heavy atom. The molecule has 0 saturated carbocycles. The zero-order chi connectivity index (χ0) is 13.2. The average molecular weight is 251 g/mol. The first-order valence-electron chi connectivity index (χ1n) is 6.01. The third-order valence-electron chi connectivity index (χ3n) is 2.38. The highest BCUT2D eigenvalue weighted by Gasteiger charge is 1.88. The van der Waals surface area contributed by atoms with Crippen LogP contribution in [0.5, 0.6) is 0 Å². The minimum atomic E-state index is 1.11. The molecule has 94 valence electrons. The standard InChI is InChI=1S/C17H15O2/c1(2-4-6-16-8-12-18-13-9-16)3-5-7-17-10-14-19-15-11-17/h1-15H/q+1. The topological polar surface area (TPSA) is 20.5 Å². The fraction of sp³-hybridized carbons (Fsp3) is 0. The van der Waals surface area contributed by atoms with Gasteiger partial charge in [0.15, 0.2) is 0 Å². The molecule has 0 radical (unpaired) electrons. The minimum absolute atomic E-state index is 1.11. The molecule has 2 rings (SSSR count). The highest BCUT2D eigenvalue weighted by molar-refractivity contribution is 5.49. The van der Waals surface area contributed by atoms with Gasteiger partial charge in [0, 0.05) is 12.1 Å². The minimum Gasteiger partial charge on any atom is -0.473 e. The first kappa shape index (κ1) is 12.8. The van der Waals surface area contributed by atoms with Crippen LogP contribution in [0.2, 0.25) is 0 Å². The van der Waals surface area contributed by atoms with Crippen LogP contribution in [0.1, 0.15) is 5.56 Å². The molecule has 0 aromatic carbocycles. The van der Waals surface area contributed by atoms with Gasteiger partial charge in [-0.15, -0.1) is 0 Å². The van der Waals surface area contributed by atoms with E-state index in [4.69, 9.17) is 9.15 Å². The van der Waals surface area contributed by atoms with Gasteiger partial charge in [0.25, 0.3) is 0 Å². The van der Waals surface area contributed by atoms with Crippen LogP contribution < -0.4 is 0 Å². The Labute approximate surface area is 113 Å². The largest absolute Gasteiger partial charge is 0.473 e. The van der Waals surface area contributed by atoms with E-state index in [0.29, 0.717) is 0 Å². The second-order valence-electron chi connectivity index (χ2n) is 3.78. The van der Waals surface area contributed by atoms with Gasteiger partial charge in [-0.3, -0.25) is 0 Å². The zero-order valence-electron chi connectivity index (χ0n) is 10.5. The Morgan fingerprint density at radius 3 is 2.32 bits per heavy atom. The van der Waals surface area contributed by atoms with E-state index in [1.807, 2.05) is 66.8 Å². The van der Waals surface area contributed by atoms with E-state index in [9.17, 15) is 0 Å². The van der Waals surface area contributed by atoms with Crippen LogP contribution in [0.25, 0.3) is 6.08 Å². The molecule has 0 atom stereocenters. The predicted octanol–water partition coefficient (Wildman–Crippen LogP) is 4.67. The summed E-state index contributed by atoms with van der Waals surface area (Å²) in [6.07, 6.45) is 24.4. The molecule has 0 fully saturated rings. The molecule has 0 bridgehead atoms. The fourth-order valence-electron chi connectivity index (χ4n) is 1.42. The molecule has 1 aliphatic rings. The van der Waals surface area contributed by atoms with Gasteiger partial charge in [0.2, 0.25) is 0 Å². The zero-order valence-corrected chi connectivity index (χ0v) is 10.5. The van der Waals surface area contributed by atoms with E-state index in [1.54, 1.807) is 25.1 Å². The molecule has 2 heterocycles. The normalized spacial score (nSPS) is 14.6. The third-order valence-corrected chi connectivity index (χ3v) is 2.38. The van der Waals surface area contributed by atoms with E-state index in [2.05, 4.69) is 0 Å². The van der Waals surface area contributed by atoms with Gasteiger partial charge >= 0.3 is 12.5 Å². The quantitative estimate of drug-likeness (QED) is 0.572. The van der Waals surface area contributed by atoms with Crippen molar-refractivity contribution in [3.63, 3.8) is 0 Å². The van der Waals surface area contributed by atoms with E-state index in [0.717, 1.165) is 11.1 Å². The molecule has 0 amide bonds. The maximum absolute atomic E-state index is 4.95. The molecule has 2 heteroatoms. The first-order chi connectivity index (χ1) is 9.45. The van der Waals surface area contributed by atoms with Crippen molar-refractivity contribution < 1.29 is 9.15 Å². The van der Waals surface area contributed by atoms with Crippen LogP contribution in [-0.2, 0) is 4.74 Å². The Hall–Kier alpha value is -2.61. The molecule has 1 aliphatic heterocycles. The van der Waals surface area contributed by atoms with Crippen molar-refractivity contribution in [2.75, 3.05) is 0 Å². The second kappa shape index (κ2) is 7.67. The summed E-state index contributed by atoms with van der Waals surface area (Å²) in [6.45, 7) is 0. The van der Waals surface area contributed by atoms with Crippen molar-refractivity contribution in [2.45, 2.75) is 0 Å². The Kier molecular flexibility index (Phi) is 5.18. The highest BCUT2D eigenvalue weighted by atomic mass is 16.5. The summed E-state index contributed by atoms with van der Waals surface area (Å²) in [5, 5.41) is 0.